The number of nitriles is 1. The minimum absolute atomic E-state index is 0.497. The van der Waals surface area contributed by atoms with Crippen LogP contribution in [-0.2, 0) is 0 Å². The second kappa shape index (κ2) is 4.28. The van der Waals surface area contributed by atoms with Crippen molar-refractivity contribution in [1.29, 1.82) is 5.26 Å². The fraction of sp³-hybridized carbons (Fsp3) is 0.273. The second-order valence-corrected chi connectivity index (χ2v) is 8.63. The lowest BCUT2D eigenvalue weighted by atomic mass is 10.1. The molecule has 1 rings (SSSR count). The van der Waals surface area contributed by atoms with Gasteiger partial charge in [0.2, 0.25) is 8.32 Å². The van der Waals surface area contributed by atoms with Gasteiger partial charge in [-0.15, -0.1) is 0 Å². The molecular weight excluding hydrogens is 206 g/mol. The van der Waals surface area contributed by atoms with E-state index >= 15 is 0 Å². The molecular formula is C11H13NO2Si. The van der Waals surface area contributed by atoms with Crippen LogP contribution in [0.25, 0.3) is 0 Å². The van der Waals surface area contributed by atoms with Gasteiger partial charge in [-0.2, -0.15) is 5.26 Å². The zero-order valence-electron chi connectivity index (χ0n) is 9.07. The number of rotatable bonds is 3. The number of nitrogens with zero attached hydrogens (tertiary/aromatic N) is 1. The smallest absolute Gasteiger partial charge is 0.242 e. The van der Waals surface area contributed by atoms with Gasteiger partial charge in [-0.1, -0.05) is 0 Å². The van der Waals surface area contributed by atoms with E-state index in [1.807, 2.05) is 25.7 Å². The van der Waals surface area contributed by atoms with Gasteiger partial charge in [-0.3, -0.25) is 4.79 Å². The van der Waals surface area contributed by atoms with Gasteiger partial charge in [-0.05, 0) is 37.8 Å². The van der Waals surface area contributed by atoms with Gasteiger partial charge < -0.3 is 4.43 Å². The third-order valence-corrected chi connectivity index (χ3v) is 2.52. The standard InChI is InChI=1S/C11H13NO2Si/c1-15(2,3)14-11-6-9(7-12)4-5-10(11)8-13/h4-6,8H,1-3H3. The molecule has 0 amide bonds. The molecule has 3 nitrogen and oxygen atoms in total. The number of benzene rings is 1. The Morgan fingerprint density at radius 2 is 2.07 bits per heavy atom. The van der Waals surface area contributed by atoms with E-state index in [-0.39, 0.29) is 0 Å². The fourth-order valence-electron chi connectivity index (χ4n) is 1.12. The zero-order chi connectivity index (χ0) is 11.5. The van der Waals surface area contributed by atoms with Gasteiger partial charge in [0.15, 0.2) is 6.29 Å². The van der Waals surface area contributed by atoms with Crippen molar-refractivity contribution in [3.05, 3.63) is 29.3 Å². The molecule has 0 unspecified atom stereocenters. The Bertz CT molecular complexity index is 416. The van der Waals surface area contributed by atoms with E-state index in [2.05, 4.69) is 0 Å². The Labute approximate surface area is 90.4 Å². The molecule has 0 fully saturated rings. The van der Waals surface area contributed by atoms with Crippen LogP contribution in [-0.4, -0.2) is 14.6 Å². The lowest BCUT2D eigenvalue weighted by Crippen LogP contribution is -2.29. The van der Waals surface area contributed by atoms with Crippen molar-refractivity contribution < 1.29 is 9.22 Å². The van der Waals surface area contributed by atoms with Gasteiger partial charge in [-0.25, -0.2) is 0 Å². The van der Waals surface area contributed by atoms with Crippen molar-refractivity contribution in [3.63, 3.8) is 0 Å². The highest BCUT2D eigenvalue weighted by atomic mass is 28.4. The third kappa shape index (κ3) is 3.22. The molecule has 1 aromatic rings. The highest BCUT2D eigenvalue weighted by molar-refractivity contribution is 6.70. The van der Waals surface area contributed by atoms with Crippen molar-refractivity contribution in [2.24, 2.45) is 0 Å². The molecule has 0 spiro atoms. The van der Waals surface area contributed by atoms with Crippen molar-refractivity contribution in [1.82, 2.24) is 0 Å². The van der Waals surface area contributed by atoms with E-state index < -0.39 is 8.32 Å². The van der Waals surface area contributed by atoms with Gasteiger partial charge in [0, 0.05) is 0 Å². The lowest BCUT2D eigenvalue weighted by molar-refractivity contribution is 0.112. The minimum atomic E-state index is -1.75. The molecule has 0 saturated carbocycles. The average Bonchev–Trinajstić information content (AvgIpc) is 2.15. The summed E-state index contributed by atoms with van der Waals surface area (Å²) in [6.07, 6.45) is 0.747. The number of hydrogen-bond acceptors (Lipinski definition) is 3. The van der Waals surface area contributed by atoms with Gasteiger partial charge in [0.25, 0.3) is 0 Å². The van der Waals surface area contributed by atoms with E-state index in [0.717, 1.165) is 6.29 Å². The Balaban J connectivity index is 3.13. The zero-order valence-corrected chi connectivity index (χ0v) is 10.1. The second-order valence-electron chi connectivity index (χ2n) is 4.20. The average molecular weight is 219 g/mol. The molecule has 1 aromatic carbocycles. The van der Waals surface area contributed by atoms with Crippen LogP contribution >= 0.6 is 0 Å². The van der Waals surface area contributed by atoms with E-state index in [1.54, 1.807) is 18.2 Å². The molecule has 0 N–H and O–H groups in total. The maximum absolute atomic E-state index is 10.8. The molecule has 0 heterocycles. The van der Waals surface area contributed by atoms with Gasteiger partial charge in [0.1, 0.15) is 5.75 Å². The summed E-state index contributed by atoms with van der Waals surface area (Å²) in [5.41, 5.74) is 1.00. The predicted molar refractivity (Wildman–Crippen MR) is 60.5 cm³/mol. The van der Waals surface area contributed by atoms with E-state index in [9.17, 15) is 4.79 Å². The Kier molecular flexibility index (Phi) is 3.27. The molecule has 0 bridgehead atoms. The molecule has 0 aliphatic carbocycles. The summed E-state index contributed by atoms with van der Waals surface area (Å²) >= 11 is 0. The summed E-state index contributed by atoms with van der Waals surface area (Å²) in [4.78, 5) is 10.8. The summed E-state index contributed by atoms with van der Waals surface area (Å²) in [7, 11) is -1.75. The normalized spacial score (nSPS) is 10.5. The summed E-state index contributed by atoms with van der Waals surface area (Å²) < 4.78 is 5.72. The molecule has 0 aromatic heterocycles. The van der Waals surface area contributed by atoms with Crippen molar-refractivity contribution in [2.75, 3.05) is 0 Å². The lowest BCUT2D eigenvalue weighted by Gasteiger charge is -2.20. The molecule has 15 heavy (non-hydrogen) atoms. The Morgan fingerprint density at radius 3 is 2.53 bits per heavy atom. The largest absolute Gasteiger partial charge is 0.544 e. The molecule has 4 heteroatoms. The summed E-state index contributed by atoms with van der Waals surface area (Å²) in [6, 6.07) is 6.86. The third-order valence-electron chi connectivity index (χ3n) is 1.69. The first kappa shape index (κ1) is 11.5. The SMILES string of the molecule is C[Si](C)(C)Oc1cc(C#N)ccc1C=O. The van der Waals surface area contributed by atoms with Crippen LogP contribution in [0, 0.1) is 11.3 Å². The van der Waals surface area contributed by atoms with Crippen LogP contribution in [0.4, 0.5) is 0 Å². The monoisotopic (exact) mass is 219 g/mol. The first-order valence-corrected chi connectivity index (χ1v) is 8.05. The predicted octanol–water partition coefficient (Wildman–Crippen LogP) is 2.58. The first-order valence-electron chi connectivity index (χ1n) is 4.64. The molecule has 78 valence electrons. The van der Waals surface area contributed by atoms with E-state index in [4.69, 9.17) is 9.69 Å². The fourth-order valence-corrected chi connectivity index (χ4v) is 1.96. The van der Waals surface area contributed by atoms with Crippen molar-refractivity contribution >= 4 is 14.6 Å². The first-order chi connectivity index (χ1) is 6.96. The Morgan fingerprint density at radius 1 is 1.40 bits per heavy atom. The summed E-state index contributed by atoms with van der Waals surface area (Å²) in [5, 5.41) is 8.74. The molecule has 0 aliphatic rings. The topological polar surface area (TPSA) is 50.1 Å². The summed E-state index contributed by atoms with van der Waals surface area (Å²) in [6.45, 7) is 6.09. The van der Waals surface area contributed by atoms with Crippen LogP contribution in [0.5, 0.6) is 5.75 Å². The summed E-state index contributed by atoms with van der Waals surface area (Å²) in [5.74, 6) is 0.517. The highest BCUT2D eigenvalue weighted by Crippen LogP contribution is 2.22. The van der Waals surface area contributed by atoms with Crippen LogP contribution in [0.2, 0.25) is 19.6 Å². The number of aldehydes is 1. The van der Waals surface area contributed by atoms with Gasteiger partial charge >= 0.3 is 0 Å². The maximum Gasteiger partial charge on any atom is 0.242 e. The molecule has 0 radical (unpaired) electrons. The Hall–Kier alpha value is -1.60. The van der Waals surface area contributed by atoms with E-state index in [0.29, 0.717) is 16.9 Å². The quantitative estimate of drug-likeness (QED) is 0.580. The maximum atomic E-state index is 10.8. The molecule has 0 saturated heterocycles. The minimum Gasteiger partial charge on any atom is -0.544 e. The molecule has 0 aliphatic heterocycles. The highest BCUT2D eigenvalue weighted by Gasteiger charge is 2.18. The van der Waals surface area contributed by atoms with E-state index in [1.165, 1.54) is 0 Å². The van der Waals surface area contributed by atoms with Crippen LogP contribution in [0.3, 0.4) is 0 Å². The number of hydrogen-bond donors (Lipinski definition) is 0. The number of carbonyl (C=O) groups is 1. The van der Waals surface area contributed by atoms with Gasteiger partial charge in [0.05, 0.1) is 17.2 Å². The van der Waals surface area contributed by atoms with Crippen LogP contribution in [0.1, 0.15) is 15.9 Å². The molecule has 0 atom stereocenters. The number of carbonyl (C=O) groups excluding carboxylic acids is 1. The van der Waals surface area contributed by atoms with Crippen LogP contribution < -0.4 is 4.43 Å². The van der Waals surface area contributed by atoms with Crippen molar-refractivity contribution in [2.45, 2.75) is 19.6 Å². The van der Waals surface area contributed by atoms with Crippen molar-refractivity contribution in [3.8, 4) is 11.8 Å². The van der Waals surface area contributed by atoms with Crippen LogP contribution in [0.15, 0.2) is 18.2 Å².